The summed E-state index contributed by atoms with van der Waals surface area (Å²) in [4.78, 5) is 101. The molecule has 0 aliphatic carbocycles. The molecule has 17 nitrogen and oxygen atoms in total. The van der Waals surface area contributed by atoms with Gasteiger partial charge in [-0.25, -0.2) is 14.8 Å². The Bertz CT molecular complexity index is 2580. The summed E-state index contributed by atoms with van der Waals surface area (Å²) in [6.45, 7) is 6.68. The van der Waals surface area contributed by atoms with Gasteiger partial charge in [0.1, 0.15) is 17.8 Å². The normalized spacial score (nSPS) is 14.0. The van der Waals surface area contributed by atoms with E-state index in [1.54, 1.807) is 60.7 Å². The van der Waals surface area contributed by atoms with Crippen LogP contribution in [0.1, 0.15) is 90.7 Å². The molecule has 4 bridgehead atoms. The zero-order valence-electron chi connectivity index (χ0n) is 40.1. The van der Waals surface area contributed by atoms with Gasteiger partial charge in [-0.05, 0) is 101 Å². The number of hydrogen-bond acceptors (Lipinski definition) is 12. The van der Waals surface area contributed by atoms with E-state index in [-0.39, 0.29) is 18.0 Å². The average molecular weight is 978 g/mol. The molecule has 370 valence electrons. The van der Waals surface area contributed by atoms with Crippen LogP contribution in [-0.4, -0.2) is 107 Å². The summed E-state index contributed by atoms with van der Waals surface area (Å²) in [5, 5.41) is 22.1. The third-order valence-corrected chi connectivity index (χ3v) is 11.0. The van der Waals surface area contributed by atoms with Gasteiger partial charge in [0.05, 0.1) is 19.6 Å². The number of carbonyl (C=O) groups excluding carboxylic acids is 7. The van der Waals surface area contributed by atoms with Crippen molar-refractivity contribution < 1.29 is 43.4 Å². The number of aryl methyl sites for hydroxylation is 1. The summed E-state index contributed by atoms with van der Waals surface area (Å²) in [6.07, 6.45) is 6.32. The molecule has 6 rings (SSSR count). The maximum atomic E-state index is 14.1. The minimum atomic E-state index is -1.31. The van der Waals surface area contributed by atoms with Gasteiger partial charge >= 0.3 is 5.97 Å². The topological polar surface area (TPSA) is 252 Å². The van der Waals surface area contributed by atoms with E-state index in [2.05, 4.69) is 38.2 Å². The van der Waals surface area contributed by atoms with Crippen LogP contribution in [0.4, 0.5) is 0 Å². The molecule has 5 amide bonds. The highest BCUT2D eigenvalue weighted by Gasteiger charge is 2.31. The monoisotopic (exact) mass is 976 g/mol. The fourth-order valence-corrected chi connectivity index (χ4v) is 7.22. The number of nitrogens with one attached hydrogen (secondary N) is 4. The number of fused-ring (bicyclic) bond motifs is 5. The van der Waals surface area contributed by atoms with E-state index in [4.69, 9.17) is 22.1 Å². The number of aromatic hydroxyl groups is 1. The standard InChI is InChI=1S/C46H44ClN7O9.C4H11N.C2H6/c1-3-5-30-9-12-32-22-35(30)36-20-27(6-17-38(36)56)21-37(44(60)50-23-34(55)26-63-46(62)42-48-18-4-19-49-42)53-39(57)24-51-45(61)41(32)54(2)40(58)25-52-43(59)31-10-7-28(8-11-31)29-13-15-33(47)16-14-29;1-2-3-4-5;1-2/h4,6-20,22,37,41,56H,3,5,21,23-26H2,1-2H3,(H,50,60)(H,51,61)(H,52,59)(H,53,57);2-5H2,1H3;1-2H3. The molecule has 2 unspecified atom stereocenters. The Kier molecular flexibility index (Phi) is 22.1. The Labute approximate surface area is 413 Å². The fourth-order valence-electron chi connectivity index (χ4n) is 7.10. The van der Waals surface area contributed by atoms with E-state index in [1.807, 2.05) is 39.0 Å². The number of rotatable bonds is 15. The average Bonchev–Trinajstić information content (AvgIpc) is 3.38. The van der Waals surface area contributed by atoms with Crippen LogP contribution in [0, 0.1) is 0 Å². The number of unbranched alkanes of at least 4 members (excludes halogenated alkanes) is 1. The van der Waals surface area contributed by atoms with Gasteiger partial charge in [0.25, 0.3) is 5.91 Å². The second kappa shape index (κ2) is 28.1. The summed E-state index contributed by atoms with van der Waals surface area (Å²) < 4.78 is 4.95. The molecular formula is C52H61ClN8O9. The van der Waals surface area contributed by atoms with Crippen LogP contribution in [0.15, 0.2) is 103 Å². The smallest absolute Gasteiger partial charge is 0.376 e. The van der Waals surface area contributed by atoms with Gasteiger partial charge in [-0.3, -0.25) is 28.8 Å². The summed E-state index contributed by atoms with van der Waals surface area (Å²) in [6, 6.07) is 22.9. The number of ketones is 1. The number of nitrogens with zero attached hydrogens (tertiary/aromatic N) is 3. The number of carbonyl (C=O) groups is 7. The first-order chi connectivity index (χ1) is 33.7. The third kappa shape index (κ3) is 16.1. The molecule has 1 aliphatic rings. The lowest BCUT2D eigenvalue weighted by molar-refractivity contribution is -0.139. The summed E-state index contributed by atoms with van der Waals surface area (Å²) in [7, 11) is 1.40. The highest BCUT2D eigenvalue weighted by molar-refractivity contribution is 6.30. The number of hydrogen-bond donors (Lipinski definition) is 6. The molecule has 1 aromatic heterocycles. The first-order valence-corrected chi connectivity index (χ1v) is 23.5. The van der Waals surface area contributed by atoms with Gasteiger partial charge in [0.2, 0.25) is 29.5 Å². The lowest BCUT2D eigenvalue weighted by Gasteiger charge is -2.29. The summed E-state index contributed by atoms with van der Waals surface area (Å²) in [5.74, 6) is -5.31. The molecule has 0 fully saturated rings. The first-order valence-electron chi connectivity index (χ1n) is 23.1. The number of likely N-dealkylation sites (N-methyl/N-ethyl adjacent to an activating group) is 1. The maximum absolute atomic E-state index is 14.1. The van der Waals surface area contributed by atoms with Crippen molar-refractivity contribution in [2.45, 2.75) is 71.9 Å². The largest absolute Gasteiger partial charge is 0.507 e. The van der Waals surface area contributed by atoms with E-state index < -0.39 is 79.6 Å². The molecule has 1 aliphatic heterocycles. The zero-order chi connectivity index (χ0) is 51.2. The molecule has 7 N–H and O–H groups in total. The Hall–Kier alpha value is -7.50. The van der Waals surface area contributed by atoms with Gasteiger partial charge in [-0.2, -0.15) is 0 Å². The Morgan fingerprint density at radius 3 is 2.16 bits per heavy atom. The number of phenols is 1. The van der Waals surface area contributed by atoms with Crippen molar-refractivity contribution in [3.8, 4) is 28.0 Å². The molecule has 5 aromatic rings. The van der Waals surface area contributed by atoms with Crippen LogP contribution in [0.3, 0.4) is 0 Å². The third-order valence-electron chi connectivity index (χ3n) is 10.7. The molecule has 18 heteroatoms. The summed E-state index contributed by atoms with van der Waals surface area (Å²) >= 11 is 6.01. The molecule has 0 radical (unpaired) electrons. The minimum absolute atomic E-state index is 0.0752. The number of ether oxygens (including phenoxy) is 1. The van der Waals surface area contributed by atoms with Crippen molar-refractivity contribution in [3.05, 3.63) is 136 Å². The fraction of sp³-hybridized carbons (Fsp3) is 0.327. The molecule has 2 atom stereocenters. The van der Waals surface area contributed by atoms with Gasteiger partial charge in [-0.15, -0.1) is 0 Å². The quantitative estimate of drug-likeness (QED) is 0.0710. The summed E-state index contributed by atoms with van der Waals surface area (Å²) in [5.41, 5.74) is 9.91. The van der Waals surface area contributed by atoms with E-state index in [9.17, 15) is 38.7 Å². The molecule has 0 saturated heterocycles. The second-order valence-electron chi connectivity index (χ2n) is 15.8. The van der Waals surface area contributed by atoms with Crippen molar-refractivity contribution in [1.29, 1.82) is 0 Å². The van der Waals surface area contributed by atoms with Crippen molar-refractivity contribution >= 4 is 52.9 Å². The van der Waals surface area contributed by atoms with Crippen molar-refractivity contribution in [2.75, 3.05) is 39.8 Å². The lowest BCUT2D eigenvalue weighted by Crippen LogP contribution is -2.52. The van der Waals surface area contributed by atoms with Gasteiger partial charge in [0, 0.05) is 42.0 Å². The number of aromatic nitrogens is 2. The van der Waals surface area contributed by atoms with Crippen molar-refractivity contribution in [1.82, 2.24) is 36.1 Å². The second-order valence-corrected chi connectivity index (χ2v) is 16.2. The first kappa shape index (κ1) is 55.1. The van der Waals surface area contributed by atoms with Crippen molar-refractivity contribution in [3.63, 3.8) is 0 Å². The Morgan fingerprint density at radius 2 is 1.53 bits per heavy atom. The van der Waals surface area contributed by atoms with Crippen LogP contribution in [0.5, 0.6) is 5.75 Å². The number of halogens is 1. The Morgan fingerprint density at radius 1 is 0.857 bits per heavy atom. The highest BCUT2D eigenvalue weighted by atomic mass is 35.5. The van der Waals surface area contributed by atoms with E-state index in [0.29, 0.717) is 39.3 Å². The SMILES string of the molecule is CC.CCCCN.CCCc1ccc2cc1-c1cc(ccc1O)CC(C(=O)NCC(=O)COC(=O)c1ncccn1)NC(=O)CNC(=O)C2N(C)C(=O)CNC(=O)c1ccc(-c2ccc(Cl)cc2)cc1. The molecule has 0 spiro atoms. The maximum Gasteiger partial charge on any atom is 0.376 e. The number of benzene rings is 4. The number of amides is 5. The Balaban J connectivity index is 0.00000143. The predicted molar refractivity (Wildman–Crippen MR) is 267 cm³/mol. The molecule has 0 saturated carbocycles. The molecule has 4 aromatic carbocycles. The van der Waals surface area contributed by atoms with Gasteiger partial charge in [-0.1, -0.05) is 94.6 Å². The van der Waals surface area contributed by atoms with Crippen LogP contribution in [0.25, 0.3) is 22.3 Å². The van der Waals surface area contributed by atoms with Crippen LogP contribution < -0.4 is 27.0 Å². The number of Topliss-reactive ketones (excluding diaryl/α,β-unsaturated/α-hetero) is 1. The molecular weight excluding hydrogens is 916 g/mol. The van der Waals surface area contributed by atoms with E-state index in [0.717, 1.165) is 34.6 Å². The van der Waals surface area contributed by atoms with Crippen LogP contribution in [0.2, 0.25) is 5.02 Å². The molecule has 2 heterocycles. The van der Waals surface area contributed by atoms with Gasteiger partial charge < -0.3 is 41.7 Å². The zero-order valence-corrected chi connectivity index (χ0v) is 40.8. The number of nitrogens with two attached hydrogens (primary N) is 1. The van der Waals surface area contributed by atoms with E-state index >= 15 is 0 Å². The highest BCUT2D eigenvalue weighted by Crippen LogP contribution is 2.36. The lowest BCUT2D eigenvalue weighted by atomic mass is 9.90. The van der Waals surface area contributed by atoms with Crippen LogP contribution >= 0.6 is 11.6 Å². The van der Waals surface area contributed by atoms with Crippen LogP contribution in [-0.2, 0) is 41.6 Å². The molecule has 70 heavy (non-hydrogen) atoms. The minimum Gasteiger partial charge on any atom is -0.507 e. The number of esters is 1. The van der Waals surface area contributed by atoms with E-state index in [1.165, 1.54) is 44.4 Å². The number of phenolic OH excluding ortho intramolecular Hbond substituents is 1. The predicted octanol–water partition coefficient (Wildman–Crippen LogP) is 5.52. The van der Waals surface area contributed by atoms with Gasteiger partial charge in [0.15, 0.2) is 12.4 Å². The van der Waals surface area contributed by atoms with Crippen molar-refractivity contribution in [2.24, 2.45) is 5.73 Å².